The highest BCUT2D eigenvalue weighted by Gasteiger charge is 2.26. The minimum Gasteiger partial charge on any atom is -0.478 e. The molecular weight excluding hydrogens is 296 g/mol. The van der Waals surface area contributed by atoms with Crippen LogP contribution in [-0.2, 0) is 14.1 Å². The van der Waals surface area contributed by atoms with E-state index in [4.69, 9.17) is 9.47 Å². The lowest BCUT2D eigenvalue weighted by Gasteiger charge is -2.23. The van der Waals surface area contributed by atoms with Crippen molar-refractivity contribution in [2.45, 2.75) is 13.8 Å². The van der Waals surface area contributed by atoms with Crippen LogP contribution < -0.4 is 20.7 Å². The molecule has 0 amide bonds. The number of rotatable bonds is 2. The second kappa shape index (κ2) is 5.46. The van der Waals surface area contributed by atoms with Gasteiger partial charge in [-0.25, -0.2) is 4.79 Å². The molecule has 2 heterocycles. The molecule has 6 nitrogen and oxygen atoms in total. The lowest BCUT2D eigenvalue weighted by Crippen LogP contribution is -2.40. The zero-order chi connectivity index (χ0) is 16.7. The maximum atomic E-state index is 12.2. The van der Waals surface area contributed by atoms with Gasteiger partial charge < -0.3 is 9.47 Å². The van der Waals surface area contributed by atoms with Crippen molar-refractivity contribution >= 4 is 5.57 Å². The Hall–Kier alpha value is -2.76. The van der Waals surface area contributed by atoms with Gasteiger partial charge in [0.1, 0.15) is 18.1 Å². The first-order valence-corrected chi connectivity index (χ1v) is 7.27. The number of hydrogen-bond acceptors (Lipinski definition) is 4. The summed E-state index contributed by atoms with van der Waals surface area (Å²) in [4.78, 5) is 24.3. The Balaban J connectivity index is 2.11. The van der Waals surface area contributed by atoms with Crippen LogP contribution in [0.5, 0.6) is 11.5 Å². The normalized spacial score (nSPS) is 13.6. The molecule has 0 fully saturated rings. The quantitative estimate of drug-likeness (QED) is 0.844. The van der Waals surface area contributed by atoms with E-state index in [1.165, 1.54) is 11.6 Å². The van der Waals surface area contributed by atoms with Crippen molar-refractivity contribution in [3.8, 4) is 11.5 Å². The van der Waals surface area contributed by atoms with E-state index in [-0.39, 0.29) is 12.4 Å². The maximum absolute atomic E-state index is 12.2. The van der Waals surface area contributed by atoms with E-state index in [1.54, 1.807) is 7.05 Å². The molecule has 1 aromatic carbocycles. The maximum Gasteiger partial charge on any atom is 0.331 e. The molecule has 0 aliphatic carbocycles. The summed E-state index contributed by atoms with van der Waals surface area (Å²) in [6, 6.07) is 7.64. The SMILES string of the molecule is CC1=C(Oc2ccc(C)cc2)COc2c1n(C)c(=O)n(C)c2=O. The van der Waals surface area contributed by atoms with Crippen LogP contribution in [0.25, 0.3) is 5.57 Å². The van der Waals surface area contributed by atoms with Gasteiger partial charge in [-0.1, -0.05) is 17.7 Å². The molecule has 6 heteroatoms. The molecule has 23 heavy (non-hydrogen) atoms. The average Bonchev–Trinajstić information content (AvgIpc) is 2.54. The molecule has 0 N–H and O–H groups in total. The number of fused-ring (bicyclic) bond motifs is 1. The van der Waals surface area contributed by atoms with Gasteiger partial charge in [0.05, 0.1) is 5.69 Å². The lowest BCUT2D eigenvalue weighted by molar-refractivity contribution is 0.265. The molecule has 0 saturated heterocycles. The summed E-state index contributed by atoms with van der Waals surface area (Å²) in [5, 5.41) is 0. The van der Waals surface area contributed by atoms with Crippen LogP contribution in [0.2, 0.25) is 0 Å². The second-order valence-electron chi connectivity index (χ2n) is 5.64. The molecule has 1 aliphatic heterocycles. The molecule has 2 aromatic rings. The summed E-state index contributed by atoms with van der Waals surface area (Å²) in [5.74, 6) is 1.46. The van der Waals surface area contributed by atoms with Crippen molar-refractivity contribution < 1.29 is 9.47 Å². The number of benzene rings is 1. The van der Waals surface area contributed by atoms with Crippen LogP contribution in [0, 0.1) is 6.92 Å². The summed E-state index contributed by atoms with van der Waals surface area (Å²) in [6.45, 7) is 3.98. The number of hydrogen-bond donors (Lipinski definition) is 0. The first kappa shape index (κ1) is 15.1. The van der Waals surface area contributed by atoms with E-state index in [9.17, 15) is 9.59 Å². The molecule has 1 aliphatic rings. The van der Waals surface area contributed by atoms with E-state index < -0.39 is 11.2 Å². The smallest absolute Gasteiger partial charge is 0.331 e. The van der Waals surface area contributed by atoms with E-state index in [2.05, 4.69) is 0 Å². The van der Waals surface area contributed by atoms with Crippen molar-refractivity contribution in [1.29, 1.82) is 0 Å². The highest BCUT2D eigenvalue weighted by atomic mass is 16.5. The van der Waals surface area contributed by atoms with E-state index in [0.717, 1.165) is 15.7 Å². The van der Waals surface area contributed by atoms with Crippen molar-refractivity contribution in [2.75, 3.05) is 6.61 Å². The van der Waals surface area contributed by atoms with Gasteiger partial charge >= 0.3 is 5.69 Å². The lowest BCUT2D eigenvalue weighted by atomic mass is 10.1. The van der Waals surface area contributed by atoms with Gasteiger partial charge in [-0.3, -0.25) is 13.9 Å². The van der Waals surface area contributed by atoms with Crippen molar-refractivity contribution in [3.63, 3.8) is 0 Å². The van der Waals surface area contributed by atoms with Crippen LogP contribution in [0.4, 0.5) is 0 Å². The van der Waals surface area contributed by atoms with E-state index in [0.29, 0.717) is 17.2 Å². The fraction of sp³-hybridized carbons (Fsp3) is 0.294. The van der Waals surface area contributed by atoms with Gasteiger partial charge in [-0.2, -0.15) is 0 Å². The molecule has 0 unspecified atom stereocenters. The molecule has 0 radical (unpaired) electrons. The summed E-state index contributed by atoms with van der Waals surface area (Å²) < 4.78 is 13.9. The van der Waals surface area contributed by atoms with Crippen LogP contribution >= 0.6 is 0 Å². The number of aryl methyl sites for hydroxylation is 1. The predicted octanol–water partition coefficient (Wildman–Crippen LogP) is 1.59. The highest BCUT2D eigenvalue weighted by Crippen LogP contribution is 2.30. The van der Waals surface area contributed by atoms with E-state index in [1.807, 2.05) is 38.1 Å². The molecule has 1 aromatic heterocycles. The molecule has 0 atom stereocenters. The van der Waals surface area contributed by atoms with Crippen LogP contribution in [-0.4, -0.2) is 15.7 Å². The number of allylic oxidation sites excluding steroid dienone is 1. The number of aromatic nitrogens is 2. The molecule has 3 rings (SSSR count). The topological polar surface area (TPSA) is 62.5 Å². The van der Waals surface area contributed by atoms with Crippen LogP contribution in [0.15, 0.2) is 39.6 Å². The largest absolute Gasteiger partial charge is 0.478 e. The van der Waals surface area contributed by atoms with Gasteiger partial charge in [0, 0.05) is 19.7 Å². The summed E-state index contributed by atoms with van der Waals surface area (Å²) >= 11 is 0. The number of nitrogens with zero attached hydrogens (tertiary/aromatic N) is 2. The second-order valence-corrected chi connectivity index (χ2v) is 5.64. The fourth-order valence-electron chi connectivity index (χ4n) is 2.60. The fourth-order valence-corrected chi connectivity index (χ4v) is 2.60. The van der Waals surface area contributed by atoms with Gasteiger partial charge in [-0.05, 0) is 26.0 Å². The Bertz CT molecular complexity index is 917. The third kappa shape index (κ3) is 2.46. The van der Waals surface area contributed by atoms with Gasteiger partial charge in [-0.15, -0.1) is 0 Å². The van der Waals surface area contributed by atoms with Crippen molar-refractivity contribution in [1.82, 2.24) is 9.13 Å². The van der Waals surface area contributed by atoms with Crippen molar-refractivity contribution in [2.24, 2.45) is 14.1 Å². The molecule has 120 valence electrons. The molecule has 0 spiro atoms. The van der Waals surface area contributed by atoms with Crippen molar-refractivity contribution in [3.05, 3.63) is 62.1 Å². The molecule has 0 saturated carbocycles. The first-order valence-electron chi connectivity index (χ1n) is 7.27. The summed E-state index contributed by atoms with van der Waals surface area (Å²) in [7, 11) is 3.05. The Kier molecular flexibility index (Phi) is 3.60. The number of ether oxygens (including phenoxy) is 2. The first-order chi connectivity index (χ1) is 10.9. The Labute approximate surface area is 133 Å². The standard InChI is InChI=1S/C17H18N2O4/c1-10-5-7-12(8-6-10)23-13-9-22-15-14(11(13)2)18(3)17(21)19(4)16(15)20/h5-8H,9H2,1-4H3. The average molecular weight is 314 g/mol. The summed E-state index contributed by atoms with van der Waals surface area (Å²) in [6.07, 6.45) is 0. The van der Waals surface area contributed by atoms with Gasteiger partial charge in [0.25, 0.3) is 5.56 Å². The Morgan fingerprint density at radius 3 is 2.35 bits per heavy atom. The van der Waals surface area contributed by atoms with Crippen LogP contribution in [0.1, 0.15) is 18.2 Å². The Morgan fingerprint density at radius 2 is 1.70 bits per heavy atom. The highest BCUT2D eigenvalue weighted by molar-refractivity contribution is 5.69. The monoisotopic (exact) mass is 314 g/mol. The van der Waals surface area contributed by atoms with Gasteiger partial charge in [0.2, 0.25) is 5.75 Å². The third-order valence-corrected chi connectivity index (χ3v) is 4.01. The minimum absolute atomic E-state index is 0.153. The predicted molar refractivity (Wildman–Crippen MR) is 86.8 cm³/mol. The van der Waals surface area contributed by atoms with E-state index >= 15 is 0 Å². The third-order valence-electron chi connectivity index (χ3n) is 4.01. The van der Waals surface area contributed by atoms with Crippen LogP contribution in [0.3, 0.4) is 0 Å². The summed E-state index contributed by atoms with van der Waals surface area (Å²) in [5.41, 5.74) is 1.50. The zero-order valence-electron chi connectivity index (χ0n) is 13.5. The molecular formula is C17H18N2O4. The Morgan fingerprint density at radius 1 is 1.04 bits per heavy atom. The molecule has 0 bridgehead atoms. The minimum atomic E-state index is -0.433. The van der Waals surface area contributed by atoms with Gasteiger partial charge in [0.15, 0.2) is 0 Å². The zero-order valence-corrected chi connectivity index (χ0v) is 13.5.